The van der Waals surface area contributed by atoms with Crippen molar-refractivity contribution in [2.45, 2.75) is 38.8 Å². The summed E-state index contributed by atoms with van der Waals surface area (Å²) in [6.45, 7) is 2.02. The van der Waals surface area contributed by atoms with Crippen molar-refractivity contribution in [3.8, 4) is 0 Å². The van der Waals surface area contributed by atoms with Gasteiger partial charge in [0.15, 0.2) is 15.7 Å². The molecule has 2 amide bonds. The van der Waals surface area contributed by atoms with E-state index in [0.717, 1.165) is 18.7 Å². The van der Waals surface area contributed by atoms with Crippen molar-refractivity contribution in [1.82, 2.24) is 25.1 Å². The lowest BCUT2D eigenvalue weighted by atomic mass is 10.2. The van der Waals surface area contributed by atoms with Gasteiger partial charge in [-0.1, -0.05) is 0 Å². The first-order valence-electron chi connectivity index (χ1n) is 8.73. The number of furan rings is 1. The second-order valence-electron chi connectivity index (χ2n) is 6.49. The Balaban J connectivity index is 1.31. The zero-order chi connectivity index (χ0) is 19.7. The number of hydrogen-bond acceptors (Lipinski definition) is 7. The van der Waals surface area contributed by atoms with Gasteiger partial charge in [-0.05, 0) is 38.0 Å². The predicted octanol–water partition coefficient (Wildman–Crippen LogP) is 2.74. The van der Waals surface area contributed by atoms with Crippen molar-refractivity contribution in [2.75, 3.05) is 5.32 Å². The Morgan fingerprint density at radius 2 is 2.29 bits per heavy atom. The molecule has 3 aromatic rings. The van der Waals surface area contributed by atoms with E-state index in [1.54, 1.807) is 18.4 Å². The summed E-state index contributed by atoms with van der Waals surface area (Å²) in [6, 6.07) is 1.99. The number of carbonyl (C=O) groups is 2. The summed E-state index contributed by atoms with van der Waals surface area (Å²) in [6.07, 6.45) is 3.75. The van der Waals surface area contributed by atoms with Gasteiger partial charge in [-0.3, -0.25) is 24.6 Å². The van der Waals surface area contributed by atoms with E-state index >= 15 is 0 Å². The highest BCUT2D eigenvalue weighted by molar-refractivity contribution is 7.71. The Bertz CT molecular complexity index is 1070. The molecular formula is C17H18N6O3S2. The zero-order valence-corrected chi connectivity index (χ0v) is 16.7. The van der Waals surface area contributed by atoms with E-state index in [1.165, 1.54) is 17.6 Å². The smallest absolute Gasteiger partial charge is 0.260 e. The number of aromatic amines is 1. The molecule has 1 fully saturated rings. The molecule has 0 aromatic carbocycles. The largest absolute Gasteiger partial charge is 0.469 e. The molecule has 3 heterocycles. The van der Waals surface area contributed by atoms with Gasteiger partial charge in [0.25, 0.3) is 5.91 Å². The van der Waals surface area contributed by atoms with Gasteiger partial charge in [0, 0.05) is 11.4 Å². The number of carbonyl (C=O) groups excluding carboxylic acids is 2. The fourth-order valence-electron chi connectivity index (χ4n) is 2.81. The van der Waals surface area contributed by atoms with Gasteiger partial charge in [-0.2, -0.15) is 5.10 Å². The molecule has 0 spiro atoms. The topological polar surface area (TPSA) is 118 Å². The Morgan fingerprint density at radius 1 is 1.46 bits per heavy atom. The molecule has 0 atom stereocenters. The summed E-state index contributed by atoms with van der Waals surface area (Å²) < 4.78 is 7.67. The minimum atomic E-state index is -0.292. The van der Waals surface area contributed by atoms with Crippen LogP contribution < -0.4 is 10.6 Å². The van der Waals surface area contributed by atoms with Gasteiger partial charge >= 0.3 is 0 Å². The van der Waals surface area contributed by atoms with E-state index in [1.807, 2.05) is 4.57 Å². The van der Waals surface area contributed by atoms with Crippen LogP contribution in [0.25, 0.3) is 0 Å². The average molecular weight is 419 g/mol. The maximum absolute atomic E-state index is 12.2. The maximum atomic E-state index is 12.2. The Morgan fingerprint density at radius 3 is 3.00 bits per heavy atom. The lowest BCUT2D eigenvalue weighted by Gasteiger charge is -2.06. The summed E-state index contributed by atoms with van der Waals surface area (Å²) >= 11 is 6.50. The number of aryl methyl sites for hydroxylation is 1. The monoisotopic (exact) mass is 418 g/mol. The minimum absolute atomic E-state index is 0.117. The van der Waals surface area contributed by atoms with E-state index in [2.05, 4.69) is 25.8 Å². The molecule has 0 saturated heterocycles. The maximum Gasteiger partial charge on any atom is 0.260 e. The van der Waals surface area contributed by atoms with Crippen LogP contribution in [0, 0.1) is 11.7 Å². The third-order valence-corrected chi connectivity index (χ3v) is 5.45. The third kappa shape index (κ3) is 4.04. The SMILES string of the molecule is Cc1occc1C(=O)Nc1nc(CC(=O)NCc2n[nH]c(=S)n2C2CC2)cs1. The molecule has 11 heteroatoms. The van der Waals surface area contributed by atoms with Crippen LogP contribution in [0.1, 0.15) is 46.5 Å². The molecule has 1 aliphatic rings. The molecule has 1 aliphatic carbocycles. The highest BCUT2D eigenvalue weighted by Crippen LogP contribution is 2.35. The molecule has 3 N–H and O–H groups in total. The highest BCUT2D eigenvalue weighted by Gasteiger charge is 2.27. The first-order valence-corrected chi connectivity index (χ1v) is 10.0. The number of amides is 2. The number of nitrogens with one attached hydrogen (secondary N) is 3. The molecule has 1 saturated carbocycles. The number of H-pyrrole nitrogens is 1. The lowest BCUT2D eigenvalue weighted by Crippen LogP contribution is -2.26. The van der Waals surface area contributed by atoms with Gasteiger partial charge in [-0.25, -0.2) is 4.98 Å². The highest BCUT2D eigenvalue weighted by atomic mass is 32.1. The second kappa shape index (κ2) is 7.68. The fourth-order valence-corrected chi connectivity index (χ4v) is 3.81. The first kappa shape index (κ1) is 18.6. The zero-order valence-electron chi connectivity index (χ0n) is 15.0. The number of aromatic nitrogens is 4. The van der Waals surface area contributed by atoms with Gasteiger partial charge in [-0.15, -0.1) is 11.3 Å². The van der Waals surface area contributed by atoms with Crippen molar-refractivity contribution in [3.05, 3.63) is 45.3 Å². The van der Waals surface area contributed by atoms with Crippen molar-refractivity contribution >= 4 is 40.5 Å². The Kier molecular flexibility index (Phi) is 5.09. The molecule has 146 valence electrons. The number of nitrogens with zero attached hydrogens (tertiary/aromatic N) is 3. The summed E-state index contributed by atoms with van der Waals surface area (Å²) in [7, 11) is 0. The minimum Gasteiger partial charge on any atom is -0.469 e. The summed E-state index contributed by atoms with van der Waals surface area (Å²) in [5.74, 6) is 0.796. The predicted molar refractivity (Wildman–Crippen MR) is 105 cm³/mol. The Hall–Kier alpha value is -2.79. The van der Waals surface area contributed by atoms with Gasteiger partial charge in [0.1, 0.15) is 5.76 Å². The number of thiazole rings is 1. The van der Waals surface area contributed by atoms with Crippen molar-refractivity contribution in [1.29, 1.82) is 0 Å². The van der Waals surface area contributed by atoms with Crippen LogP contribution in [0.3, 0.4) is 0 Å². The van der Waals surface area contributed by atoms with Gasteiger partial charge in [0.2, 0.25) is 5.91 Å². The van der Waals surface area contributed by atoms with Crippen LogP contribution in [0.15, 0.2) is 22.1 Å². The lowest BCUT2D eigenvalue weighted by molar-refractivity contribution is -0.120. The number of anilines is 1. The van der Waals surface area contributed by atoms with Crippen LogP contribution in [-0.4, -0.2) is 31.6 Å². The molecule has 9 nitrogen and oxygen atoms in total. The van der Waals surface area contributed by atoms with Crippen molar-refractivity contribution in [3.63, 3.8) is 0 Å². The van der Waals surface area contributed by atoms with Gasteiger partial charge in [0.05, 0.1) is 30.5 Å². The summed E-state index contributed by atoms with van der Waals surface area (Å²) in [4.78, 5) is 28.7. The number of hydrogen-bond donors (Lipinski definition) is 3. The van der Waals surface area contributed by atoms with Crippen LogP contribution >= 0.6 is 23.6 Å². The van der Waals surface area contributed by atoms with Crippen LogP contribution in [0.5, 0.6) is 0 Å². The molecule has 0 bridgehead atoms. The normalized spacial score (nSPS) is 13.5. The van der Waals surface area contributed by atoms with Crippen molar-refractivity contribution in [2.24, 2.45) is 0 Å². The summed E-state index contributed by atoms with van der Waals surface area (Å²) in [5, 5.41) is 14.7. The van der Waals surface area contributed by atoms with Crippen LogP contribution in [-0.2, 0) is 17.8 Å². The second-order valence-corrected chi connectivity index (χ2v) is 7.73. The molecule has 0 aliphatic heterocycles. The molecule has 28 heavy (non-hydrogen) atoms. The summed E-state index contributed by atoms with van der Waals surface area (Å²) in [5.41, 5.74) is 1.04. The fraction of sp³-hybridized carbons (Fsp3) is 0.353. The quantitative estimate of drug-likeness (QED) is 0.508. The van der Waals surface area contributed by atoms with E-state index in [9.17, 15) is 9.59 Å². The Labute approximate surface area is 169 Å². The standard InChI is InChI=1S/C17H18N6O3S2/c1-9-12(4-5-26-9)15(25)20-16-19-10(8-28-16)6-14(24)18-7-13-21-22-17(27)23(13)11-2-3-11/h4-5,8,11H,2-3,6-7H2,1H3,(H,18,24)(H,22,27)(H,19,20,25). The third-order valence-electron chi connectivity index (χ3n) is 4.35. The van der Waals surface area contributed by atoms with E-state index in [0.29, 0.717) is 39.5 Å². The molecule has 3 aromatic heterocycles. The van der Waals surface area contributed by atoms with E-state index < -0.39 is 0 Å². The van der Waals surface area contributed by atoms with E-state index in [-0.39, 0.29) is 18.2 Å². The van der Waals surface area contributed by atoms with Gasteiger partial charge < -0.3 is 9.73 Å². The van der Waals surface area contributed by atoms with Crippen molar-refractivity contribution < 1.29 is 14.0 Å². The molecule has 0 unspecified atom stereocenters. The van der Waals surface area contributed by atoms with Crippen LogP contribution in [0.4, 0.5) is 5.13 Å². The van der Waals surface area contributed by atoms with E-state index in [4.69, 9.17) is 16.6 Å². The van der Waals surface area contributed by atoms with Crippen LogP contribution in [0.2, 0.25) is 0 Å². The molecular weight excluding hydrogens is 400 g/mol. The molecule has 0 radical (unpaired) electrons. The first-order chi connectivity index (χ1) is 13.5. The number of rotatable bonds is 7. The molecule has 4 rings (SSSR count). The average Bonchev–Trinajstić information content (AvgIpc) is 3.05.